The highest BCUT2D eigenvalue weighted by Crippen LogP contribution is 2.29. The first-order valence-electron chi connectivity index (χ1n) is 5.37. The molecule has 2 rings (SSSR count). The second-order valence-corrected chi connectivity index (χ2v) is 4.12. The first-order chi connectivity index (χ1) is 9.90. The number of nitrogens with one attached hydrogen (secondary N) is 1. The van der Waals surface area contributed by atoms with Gasteiger partial charge in [-0.2, -0.15) is 0 Å². The molecule has 0 unspecified atom stereocenters. The molecule has 0 atom stereocenters. The van der Waals surface area contributed by atoms with E-state index in [1.54, 1.807) is 0 Å². The molecule has 0 fully saturated rings. The Bertz CT molecular complexity index is 741. The zero-order valence-corrected chi connectivity index (χ0v) is 10.9. The fourth-order valence-electron chi connectivity index (χ4n) is 1.54. The molecule has 1 amide bonds. The van der Waals surface area contributed by atoms with E-state index >= 15 is 0 Å². The predicted octanol–water partition coefficient (Wildman–Crippen LogP) is 3.00. The summed E-state index contributed by atoms with van der Waals surface area (Å²) < 4.78 is 4.73. The summed E-state index contributed by atoms with van der Waals surface area (Å²) in [6.07, 6.45) is 1.18. The Morgan fingerprint density at radius 3 is 2.43 bits per heavy atom. The third-order valence-electron chi connectivity index (χ3n) is 2.50. The number of nitro benzene ring substituents is 2. The molecular formula is C11H6ClN3O6. The van der Waals surface area contributed by atoms with Crippen LogP contribution in [0.15, 0.2) is 34.9 Å². The van der Waals surface area contributed by atoms with Gasteiger partial charge in [0.05, 0.1) is 27.7 Å². The number of nitro groups is 2. The molecule has 0 saturated heterocycles. The summed E-state index contributed by atoms with van der Waals surface area (Å²) in [4.78, 5) is 31.8. The van der Waals surface area contributed by atoms with Gasteiger partial charge in [0.15, 0.2) is 0 Å². The van der Waals surface area contributed by atoms with Crippen molar-refractivity contribution in [1.29, 1.82) is 0 Å². The number of carbonyl (C=O) groups excluding carboxylic acids is 1. The molecule has 1 N–H and O–H groups in total. The molecule has 0 bridgehead atoms. The fraction of sp³-hybridized carbons (Fsp3) is 0. The molecule has 0 aliphatic heterocycles. The van der Waals surface area contributed by atoms with Crippen LogP contribution in [0.4, 0.5) is 17.1 Å². The quantitative estimate of drug-likeness (QED) is 0.682. The molecule has 2 aromatic rings. The van der Waals surface area contributed by atoms with E-state index in [1.807, 2.05) is 0 Å². The largest absolute Gasteiger partial charge is 0.452 e. The minimum atomic E-state index is -0.834. The average molecular weight is 312 g/mol. The molecule has 21 heavy (non-hydrogen) atoms. The first kappa shape index (κ1) is 14.5. The van der Waals surface area contributed by atoms with E-state index < -0.39 is 27.1 Å². The molecule has 108 valence electrons. The zero-order valence-electron chi connectivity index (χ0n) is 10.1. The van der Waals surface area contributed by atoms with E-state index in [9.17, 15) is 25.0 Å². The summed E-state index contributed by atoms with van der Waals surface area (Å²) in [6, 6.07) is 4.16. The number of benzene rings is 1. The van der Waals surface area contributed by atoms with Crippen molar-refractivity contribution >= 4 is 34.6 Å². The van der Waals surface area contributed by atoms with E-state index in [2.05, 4.69) is 5.32 Å². The highest BCUT2D eigenvalue weighted by molar-refractivity contribution is 6.32. The molecule has 10 heteroatoms. The van der Waals surface area contributed by atoms with Gasteiger partial charge in [-0.15, -0.1) is 0 Å². The van der Waals surface area contributed by atoms with Crippen molar-refractivity contribution in [2.75, 3.05) is 5.32 Å². The Labute approximate surface area is 121 Å². The van der Waals surface area contributed by atoms with Crippen molar-refractivity contribution in [3.8, 4) is 0 Å². The number of halogens is 1. The van der Waals surface area contributed by atoms with Crippen LogP contribution in [0.25, 0.3) is 0 Å². The topological polar surface area (TPSA) is 129 Å². The summed E-state index contributed by atoms with van der Waals surface area (Å²) in [7, 11) is 0. The monoisotopic (exact) mass is 311 g/mol. The molecule has 0 aliphatic rings. The molecule has 9 nitrogen and oxygen atoms in total. The maximum absolute atomic E-state index is 11.9. The zero-order chi connectivity index (χ0) is 15.6. The summed E-state index contributed by atoms with van der Waals surface area (Å²) in [6.45, 7) is 0. The molecule has 1 aromatic heterocycles. The minimum Gasteiger partial charge on any atom is -0.452 e. The summed E-state index contributed by atoms with van der Waals surface area (Å²) in [5.41, 5.74) is -1.25. The molecular weight excluding hydrogens is 306 g/mol. The molecule has 0 aliphatic carbocycles. The Kier molecular flexibility index (Phi) is 3.85. The van der Waals surface area contributed by atoms with E-state index in [4.69, 9.17) is 16.0 Å². The van der Waals surface area contributed by atoms with Crippen LogP contribution in [-0.4, -0.2) is 15.8 Å². The van der Waals surface area contributed by atoms with Crippen molar-refractivity contribution in [2.24, 2.45) is 0 Å². The van der Waals surface area contributed by atoms with Crippen molar-refractivity contribution in [3.05, 3.63) is 61.5 Å². The van der Waals surface area contributed by atoms with Crippen LogP contribution in [0, 0.1) is 20.2 Å². The van der Waals surface area contributed by atoms with Crippen molar-refractivity contribution < 1.29 is 19.1 Å². The maximum atomic E-state index is 11.9. The number of amides is 1. The first-order valence-corrected chi connectivity index (χ1v) is 5.75. The number of hydrogen-bond acceptors (Lipinski definition) is 6. The molecule has 1 heterocycles. The van der Waals surface area contributed by atoms with Gasteiger partial charge in [0.25, 0.3) is 17.3 Å². The van der Waals surface area contributed by atoms with Crippen LogP contribution in [0.1, 0.15) is 10.4 Å². The van der Waals surface area contributed by atoms with E-state index in [0.717, 1.165) is 18.2 Å². The normalized spacial score (nSPS) is 10.1. The van der Waals surface area contributed by atoms with E-state index in [-0.39, 0.29) is 16.5 Å². The lowest BCUT2D eigenvalue weighted by Gasteiger charge is -2.04. The second-order valence-electron chi connectivity index (χ2n) is 3.78. The second kappa shape index (κ2) is 5.59. The van der Waals surface area contributed by atoms with Crippen molar-refractivity contribution in [3.63, 3.8) is 0 Å². The van der Waals surface area contributed by atoms with Crippen molar-refractivity contribution in [1.82, 2.24) is 0 Å². The van der Waals surface area contributed by atoms with Crippen molar-refractivity contribution in [2.45, 2.75) is 0 Å². The third-order valence-corrected chi connectivity index (χ3v) is 2.79. The van der Waals surface area contributed by atoms with Crippen LogP contribution in [-0.2, 0) is 0 Å². The number of carbonyl (C=O) groups is 1. The number of nitrogens with zero attached hydrogens (tertiary/aromatic N) is 2. The summed E-state index contributed by atoms with van der Waals surface area (Å²) in [5, 5.41) is 23.6. The van der Waals surface area contributed by atoms with Gasteiger partial charge in [-0.05, 0) is 23.7 Å². The van der Waals surface area contributed by atoms with Gasteiger partial charge in [-0.25, -0.2) is 0 Å². The maximum Gasteiger partial charge on any atom is 0.299 e. The van der Waals surface area contributed by atoms with Gasteiger partial charge in [-0.3, -0.25) is 25.0 Å². The highest BCUT2D eigenvalue weighted by Gasteiger charge is 2.22. The minimum absolute atomic E-state index is 0.00989. The lowest BCUT2D eigenvalue weighted by molar-refractivity contribution is -0.393. The van der Waals surface area contributed by atoms with Crippen LogP contribution >= 0.6 is 11.6 Å². The smallest absolute Gasteiger partial charge is 0.299 e. The fourth-order valence-corrected chi connectivity index (χ4v) is 1.74. The third kappa shape index (κ3) is 2.98. The van der Waals surface area contributed by atoms with E-state index in [0.29, 0.717) is 0 Å². The van der Waals surface area contributed by atoms with Gasteiger partial charge in [0.1, 0.15) is 5.69 Å². The van der Waals surface area contributed by atoms with E-state index in [1.165, 1.54) is 12.3 Å². The number of furan rings is 1. The average Bonchev–Trinajstić information content (AvgIpc) is 2.85. The van der Waals surface area contributed by atoms with Gasteiger partial charge >= 0.3 is 0 Å². The number of anilines is 1. The van der Waals surface area contributed by atoms with Gasteiger partial charge in [0, 0.05) is 6.07 Å². The van der Waals surface area contributed by atoms with Gasteiger partial charge in [-0.1, -0.05) is 0 Å². The Morgan fingerprint density at radius 2 is 1.90 bits per heavy atom. The van der Waals surface area contributed by atoms with Crippen LogP contribution in [0.5, 0.6) is 0 Å². The Hall–Kier alpha value is -2.94. The summed E-state index contributed by atoms with van der Waals surface area (Å²) in [5.74, 6) is -0.731. The van der Waals surface area contributed by atoms with Crippen LogP contribution in [0.2, 0.25) is 5.22 Å². The van der Waals surface area contributed by atoms with Gasteiger partial charge in [0.2, 0.25) is 5.22 Å². The van der Waals surface area contributed by atoms with Crippen LogP contribution < -0.4 is 5.32 Å². The SMILES string of the molecule is O=C(Nc1ccc([N+](=O)[O-])cc1[N+](=O)[O-])c1ccoc1Cl. The number of rotatable bonds is 4. The Balaban J connectivity index is 2.36. The molecule has 0 saturated carbocycles. The number of hydrogen-bond donors (Lipinski definition) is 1. The van der Waals surface area contributed by atoms with Gasteiger partial charge < -0.3 is 9.73 Å². The lowest BCUT2D eigenvalue weighted by atomic mass is 10.2. The predicted molar refractivity (Wildman–Crippen MR) is 71.4 cm³/mol. The molecule has 1 aromatic carbocycles. The summed E-state index contributed by atoms with van der Waals surface area (Å²) >= 11 is 5.62. The lowest BCUT2D eigenvalue weighted by Crippen LogP contribution is -2.12. The molecule has 0 spiro atoms. The van der Waals surface area contributed by atoms with Crippen LogP contribution in [0.3, 0.4) is 0 Å². The highest BCUT2D eigenvalue weighted by atomic mass is 35.5. The molecule has 0 radical (unpaired) electrons. The standard InChI is InChI=1S/C11H6ClN3O6/c12-10-7(3-4-21-10)11(16)13-8-2-1-6(14(17)18)5-9(8)15(19)20/h1-5H,(H,13,16). The number of non-ortho nitro benzene ring substituents is 1. The Morgan fingerprint density at radius 1 is 1.19 bits per heavy atom.